The summed E-state index contributed by atoms with van der Waals surface area (Å²) in [5.74, 6) is -0.154. The molecule has 0 aliphatic rings. The summed E-state index contributed by atoms with van der Waals surface area (Å²) in [6.45, 7) is 4.77. The predicted molar refractivity (Wildman–Crippen MR) is 322 cm³/mol. The average Bonchev–Trinajstić information content (AvgIpc) is 3.36. The van der Waals surface area contributed by atoms with Gasteiger partial charge in [0.15, 0.2) is 0 Å². The Bertz CT molecular complexity index is 1570. The van der Waals surface area contributed by atoms with E-state index in [2.05, 4.69) is 129 Å². The van der Waals surface area contributed by atoms with Gasteiger partial charge in [0.1, 0.15) is 13.2 Å². The van der Waals surface area contributed by atoms with Crippen molar-refractivity contribution in [2.75, 3.05) is 40.9 Å². The molecule has 3 unspecified atom stereocenters. The van der Waals surface area contributed by atoms with Crippen LogP contribution < -0.4 is 5.32 Å². The lowest BCUT2D eigenvalue weighted by atomic mass is 10.0. The molecule has 0 saturated heterocycles. The molecule has 0 aliphatic heterocycles. The highest BCUT2D eigenvalue weighted by Crippen LogP contribution is 2.43. The molecule has 0 rings (SSSR count). The number of phosphoric acid groups is 1. The van der Waals surface area contributed by atoms with E-state index in [4.69, 9.17) is 9.05 Å². The fourth-order valence-corrected chi connectivity index (χ4v) is 9.07. The summed E-state index contributed by atoms with van der Waals surface area (Å²) >= 11 is 0. The maximum atomic E-state index is 13.0. The minimum absolute atomic E-state index is 0.0688. The molecule has 3 atom stereocenters. The topological polar surface area (TPSA) is 105 Å². The standard InChI is InChI=1S/C65H115N2O6P/c1-6-8-10-12-14-16-18-20-22-23-24-25-26-27-28-29-30-31-32-33-34-35-36-37-38-39-40-41-42-43-45-47-49-51-53-55-57-59-65(69)66-63(62-73-74(70,71)72-61-60-67(3,4)5)64(68)58-56-54-52-50-48-46-44-21-19-17-15-13-11-9-7-2/h8,10,14,16,20,22,24-25,27-28,30-31,33-34,36-37,39-40,63-64,68H,6-7,9,11-13,15,17-19,21,23,26,29,32,35,38,41-62H2,1-5H3,(H-,66,69,70,71)/p+1/b10-8-,16-14-,22-20-,25-24-,28-27-,31-30-,34-33-,37-36-,40-39-. The Hall–Kier alpha value is -2.84. The first kappa shape index (κ1) is 71.2. The summed E-state index contributed by atoms with van der Waals surface area (Å²) < 4.78 is 23.8. The Morgan fingerprint density at radius 1 is 0.473 bits per heavy atom. The van der Waals surface area contributed by atoms with Gasteiger partial charge in [0.2, 0.25) is 5.91 Å². The SMILES string of the molecule is CC/C=C\C/C=C\C/C=C\C/C=C\C/C=C\C/C=C\C/C=C\C/C=C\C/C=C\CCCCCCCCCCCC(=O)NC(COP(=O)(O)OCC[N+](C)(C)C)C(O)CCCCCCCCCCCCCCCCC. The summed E-state index contributed by atoms with van der Waals surface area (Å²) in [7, 11) is 1.60. The number of aliphatic hydroxyl groups is 1. The summed E-state index contributed by atoms with van der Waals surface area (Å²) in [5.41, 5.74) is 0. The van der Waals surface area contributed by atoms with Gasteiger partial charge in [-0.3, -0.25) is 13.8 Å². The number of allylic oxidation sites excluding steroid dienone is 18. The van der Waals surface area contributed by atoms with Gasteiger partial charge in [-0.1, -0.05) is 264 Å². The van der Waals surface area contributed by atoms with Gasteiger partial charge in [0.25, 0.3) is 0 Å². The van der Waals surface area contributed by atoms with E-state index in [1.807, 2.05) is 21.1 Å². The lowest BCUT2D eigenvalue weighted by molar-refractivity contribution is -0.870. The maximum Gasteiger partial charge on any atom is 0.472 e. The van der Waals surface area contributed by atoms with Crippen LogP contribution in [0.25, 0.3) is 0 Å². The highest BCUT2D eigenvalue weighted by atomic mass is 31.2. The molecule has 8 nitrogen and oxygen atoms in total. The van der Waals surface area contributed by atoms with E-state index in [0.29, 0.717) is 23.9 Å². The van der Waals surface area contributed by atoms with Crippen molar-refractivity contribution < 1.29 is 32.9 Å². The molecule has 0 aromatic rings. The number of hydrogen-bond acceptors (Lipinski definition) is 5. The number of unbranched alkanes of at least 4 members (excludes halogenated alkanes) is 23. The Kier molecular flexibility index (Phi) is 52.8. The molecule has 0 aromatic carbocycles. The summed E-state index contributed by atoms with van der Waals surface area (Å²) in [5, 5.41) is 14.1. The molecule has 9 heteroatoms. The lowest BCUT2D eigenvalue weighted by Crippen LogP contribution is -2.46. The van der Waals surface area contributed by atoms with Crippen LogP contribution in [0.15, 0.2) is 109 Å². The quantitative estimate of drug-likeness (QED) is 0.0243. The van der Waals surface area contributed by atoms with Gasteiger partial charge in [0, 0.05) is 6.42 Å². The lowest BCUT2D eigenvalue weighted by Gasteiger charge is -2.26. The van der Waals surface area contributed by atoms with Crippen LogP contribution in [0.4, 0.5) is 0 Å². The van der Waals surface area contributed by atoms with Crippen molar-refractivity contribution in [2.45, 2.75) is 257 Å². The summed E-state index contributed by atoms with van der Waals surface area (Å²) in [6, 6.07) is -0.771. The van der Waals surface area contributed by atoms with Crippen molar-refractivity contribution >= 4 is 13.7 Å². The van der Waals surface area contributed by atoms with Gasteiger partial charge >= 0.3 is 7.82 Å². The number of aliphatic hydroxyl groups excluding tert-OH is 1. The smallest absolute Gasteiger partial charge is 0.391 e. The number of phosphoric ester groups is 1. The minimum atomic E-state index is -4.33. The highest BCUT2D eigenvalue weighted by molar-refractivity contribution is 7.47. The van der Waals surface area contributed by atoms with E-state index in [0.717, 1.165) is 103 Å². The van der Waals surface area contributed by atoms with Crippen molar-refractivity contribution in [1.82, 2.24) is 5.32 Å². The van der Waals surface area contributed by atoms with E-state index < -0.39 is 20.0 Å². The van der Waals surface area contributed by atoms with Crippen molar-refractivity contribution in [1.29, 1.82) is 0 Å². The second-order valence-electron chi connectivity index (χ2n) is 21.3. The van der Waals surface area contributed by atoms with Crippen molar-refractivity contribution in [3.05, 3.63) is 109 Å². The Morgan fingerprint density at radius 3 is 1.19 bits per heavy atom. The van der Waals surface area contributed by atoms with Gasteiger partial charge < -0.3 is 19.8 Å². The molecule has 74 heavy (non-hydrogen) atoms. The molecule has 3 N–H and O–H groups in total. The molecule has 0 aliphatic carbocycles. The Morgan fingerprint density at radius 2 is 0.811 bits per heavy atom. The van der Waals surface area contributed by atoms with Gasteiger partial charge in [-0.25, -0.2) is 4.57 Å². The zero-order valence-corrected chi connectivity index (χ0v) is 49.4. The van der Waals surface area contributed by atoms with Crippen molar-refractivity contribution in [3.63, 3.8) is 0 Å². The molecule has 0 fully saturated rings. The van der Waals surface area contributed by atoms with Gasteiger partial charge in [-0.15, -0.1) is 0 Å². The first-order valence-corrected chi connectivity index (χ1v) is 31.7. The minimum Gasteiger partial charge on any atom is -0.391 e. The largest absolute Gasteiger partial charge is 0.472 e. The van der Waals surface area contributed by atoms with Crippen LogP contribution in [0.3, 0.4) is 0 Å². The monoisotopic (exact) mass is 1050 g/mol. The number of hydrogen-bond donors (Lipinski definition) is 3. The predicted octanol–water partition coefficient (Wildman–Crippen LogP) is 18.8. The average molecular weight is 1050 g/mol. The summed E-state index contributed by atoms with van der Waals surface area (Å²) in [4.78, 5) is 23.3. The van der Waals surface area contributed by atoms with Crippen LogP contribution in [-0.4, -0.2) is 73.4 Å². The number of likely N-dealkylation sites (N-methyl/N-ethyl adjacent to an activating group) is 1. The molecule has 426 valence electrons. The third-order valence-electron chi connectivity index (χ3n) is 13.0. The van der Waals surface area contributed by atoms with Crippen LogP contribution in [-0.2, 0) is 18.4 Å². The third kappa shape index (κ3) is 56.9. The Labute approximate surface area is 457 Å². The highest BCUT2D eigenvalue weighted by Gasteiger charge is 2.28. The van der Waals surface area contributed by atoms with E-state index in [1.54, 1.807) is 0 Å². The second kappa shape index (κ2) is 54.9. The van der Waals surface area contributed by atoms with E-state index in [1.165, 1.54) is 116 Å². The normalized spacial score (nSPS) is 14.6. The molecule has 0 radical (unpaired) electrons. The van der Waals surface area contributed by atoms with Crippen molar-refractivity contribution in [3.8, 4) is 0 Å². The number of amides is 1. The molecular formula is C65H116N2O6P+. The van der Waals surface area contributed by atoms with Crippen molar-refractivity contribution in [2.24, 2.45) is 0 Å². The second-order valence-corrected chi connectivity index (χ2v) is 22.8. The fraction of sp³-hybridized carbons (Fsp3) is 0.708. The molecule has 1 amide bonds. The van der Waals surface area contributed by atoms with Crippen LogP contribution in [0, 0.1) is 0 Å². The molecular weight excluding hydrogens is 936 g/mol. The summed E-state index contributed by atoms with van der Waals surface area (Å²) in [6.07, 6.45) is 80.0. The number of rotatable bonds is 54. The number of carbonyl (C=O) groups excluding carboxylic acids is 1. The number of quaternary nitrogens is 1. The molecule has 0 bridgehead atoms. The van der Waals surface area contributed by atoms with Crippen LogP contribution in [0.2, 0.25) is 0 Å². The molecule has 0 aromatic heterocycles. The van der Waals surface area contributed by atoms with Gasteiger partial charge in [0.05, 0.1) is 39.9 Å². The van der Waals surface area contributed by atoms with E-state index in [-0.39, 0.29) is 19.1 Å². The first-order chi connectivity index (χ1) is 36.0. The molecule has 0 spiro atoms. The van der Waals surface area contributed by atoms with Crippen LogP contribution >= 0.6 is 7.82 Å². The number of carbonyl (C=O) groups is 1. The first-order valence-electron chi connectivity index (χ1n) is 30.3. The Balaban J connectivity index is 4.11. The van der Waals surface area contributed by atoms with E-state index >= 15 is 0 Å². The zero-order chi connectivity index (χ0) is 54.2. The number of nitrogens with zero attached hydrogens (tertiary/aromatic N) is 1. The fourth-order valence-electron chi connectivity index (χ4n) is 8.33. The molecule has 0 heterocycles. The van der Waals surface area contributed by atoms with Gasteiger partial charge in [-0.2, -0.15) is 0 Å². The van der Waals surface area contributed by atoms with E-state index in [9.17, 15) is 19.4 Å². The van der Waals surface area contributed by atoms with Crippen LogP contribution in [0.5, 0.6) is 0 Å². The maximum absolute atomic E-state index is 13.0. The van der Waals surface area contributed by atoms with Gasteiger partial charge in [-0.05, 0) is 83.5 Å². The van der Waals surface area contributed by atoms with Crippen LogP contribution in [0.1, 0.15) is 245 Å². The zero-order valence-electron chi connectivity index (χ0n) is 48.5. The third-order valence-corrected chi connectivity index (χ3v) is 14.0. The molecule has 0 saturated carbocycles. The number of nitrogens with one attached hydrogen (secondary N) is 1.